The number of rotatable bonds is 6. The van der Waals surface area contributed by atoms with Crippen LogP contribution in [0.3, 0.4) is 0 Å². The molecule has 112 valence electrons. The Morgan fingerprint density at radius 1 is 1.65 bits per heavy atom. The quantitative estimate of drug-likeness (QED) is 0.807. The summed E-state index contributed by atoms with van der Waals surface area (Å²) >= 11 is 0. The zero-order chi connectivity index (χ0) is 14.6. The molecule has 5 heteroatoms. The van der Waals surface area contributed by atoms with Gasteiger partial charge >= 0.3 is 5.97 Å². The van der Waals surface area contributed by atoms with Gasteiger partial charge in [0.05, 0.1) is 7.11 Å². The standard InChI is InChI=1S/C15H25N3O2/c1-3-5-13-17-9-11-18(13)10-7-12-6-4-8-15(12,16)14(19)20-2/h9,11-12H,3-8,10,16H2,1-2H3. The number of ether oxygens (including phenoxy) is 1. The molecule has 1 aromatic heterocycles. The molecule has 0 amide bonds. The lowest BCUT2D eigenvalue weighted by Gasteiger charge is -2.28. The molecular formula is C15H25N3O2. The molecule has 1 saturated carbocycles. The Balaban J connectivity index is 1.99. The van der Waals surface area contributed by atoms with Crippen molar-refractivity contribution >= 4 is 5.97 Å². The zero-order valence-corrected chi connectivity index (χ0v) is 12.5. The van der Waals surface area contributed by atoms with Gasteiger partial charge in [0, 0.05) is 25.4 Å². The molecule has 1 aromatic rings. The van der Waals surface area contributed by atoms with Gasteiger partial charge in [-0.05, 0) is 31.6 Å². The third kappa shape index (κ3) is 2.87. The van der Waals surface area contributed by atoms with Crippen molar-refractivity contribution < 1.29 is 9.53 Å². The maximum absolute atomic E-state index is 11.9. The number of methoxy groups -OCH3 is 1. The smallest absolute Gasteiger partial charge is 0.326 e. The molecule has 0 spiro atoms. The van der Waals surface area contributed by atoms with Crippen molar-refractivity contribution in [3.63, 3.8) is 0 Å². The Morgan fingerprint density at radius 2 is 2.45 bits per heavy atom. The normalized spacial score (nSPS) is 25.9. The highest BCUT2D eigenvalue weighted by Crippen LogP contribution is 2.37. The molecule has 0 radical (unpaired) electrons. The average Bonchev–Trinajstić information content (AvgIpc) is 3.03. The zero-order valence-electron chi connectivity index (χ0n) is 12.5. The molecule has 1 fully saturated rings. The molecule has 2 unspecified atom stereocenters. The number of imidazole rings is 1. The van der Waals surface area contributed by atoms with Crippen LogP contribution in [0.4, 0.5) is 0 Å². The van der Waals surface area contributed by atoms with Crippen LogP contribution in [0, 0.1) is 5.92 Å². The Labute approximate surface area is 120 Å². The number of carbonyl (C=O) groups excluding carboxylic acids is 1. The van der Waals surface area contributed by atoms with E-state index in [1.165, 1.54) is 7.11 Å². The summed E-state index contributed by atoms with van der Waals surface area (Å²) in [7, 11) is 1.42. The molecule has 20 heavy (non-hydrogen) atoms. The van der Waals surface area contributed by atoms with Crippen LogP contribution in [0.1, 0.15) is 44.9 Å². The first-order chi connectivity index (χ1) is 9.61. The maximum Gasteiger partial charge on any atom is 0.326 e. The first-order valence-electron chi connectivity index (χ1n) is 7.49. The number of hydrogen-bond acceptors (Lipinski definition) is 4. The Bertz CT molecular complexity index is 458. The predicted molar refractivity (Wildman–Crippen MR) is 77.1 cm³/mol. The predicted octanol–water partition coefficient (Wildman–Crippen LogP) is 1.90. The fourth-order valence-corrected chi connectivity index (χ4v) is 3.25. The van der Waals surface area contributed by atoms with Crippen LogP contribution >= 0.6 is 0 Å². The van der Waals surface area contributed by atoms with Crippen LogP contribution in [0.2, 0.25) is 0 Å². The van der Waals surface area contributed by atoms with Gasteiger partial charge in [0.25, 0.3) is 0 Å². The van der Waals surface area contributed by atoms with E-state index in [2.05, 4.69) is 16.5 Å². The fourth-order valence-electron chi connectivity index (χ4n) is 3.25. The summed E-state index contributed by atoms with van der Waals surface area (Å²) in [6.07, 6.45) is 9.57. The van der Waals surface area contributed by atoms with Crippen molar-refractivity contribution in [1.29, 1.82) is 0 Å². The van der Waals surface area contributed by atoms with Crippen LogP contribution in [0.15, 0.2) is 12.4 Å². The van der Waals surface area contributed by atoms with Gasteiger partial charge in [0.1, 0.15) is 11.4 Å². The summed E-state index contributed by atoms with van der Waals surface area (Å²) in [4.78, 5) is 16.3. The van der Waals surface area contributed by atoms with Crippen molar-refractivity contribution in [2.45, 2.75) is 57.5 Å². The third-order valence-corrected chi connectivity index (χ3v) is 4.43. The molecule has 1 aliphatic carbocycles. The van der Waals surface area contributed by atoms with Crippen molar-refractivity contribution in [2.75, 3.05) is 7.11 Å². The largest absolute Gasteiger partial charge is 0.468 e. The summed E-state index contributed by atoms with van der Waals surface area (Å²) in [5.41, 5.74) is 5.50. The van der Waals surface area contributed by atoms with Crippen molar-refractivity contribution in [1.82, 2.24) is 9.55 Å². The Hall–Kier alpha value is -1.36. The van der Waals surface area contributed by atoms with E-state index in [9.17, 15) is 4.79 Å². The van der Waals surface area contributed by atoms with E-state index >= 15 is 0 Å². The average molecular weight is 279 g/mol. The van der Waals surface area contributed by atoms with E-state index in [4.69, 9.17) is 10.5 Å². The van der Waals surface area contributed by atoms with Gasteiger partial charge in [-0.2, -0.15) is 0 Å². The summed E-state index contributed by atoms with van der Waals surface area (Å²) in [5.74, 6) is 1.05. The lowest BCUT2D eigenvalue weighted by molar-refractivity contribution is -0.148. The topological polar surface area (TPSA) is 70.1 Å². The van der Waals surface area contributed by atoms with Crippen LogP contribution in [0.5, 0.6) is 0 Å². The van der Waals surface area contributed by atoms with Crippen molar-refractivity contribution in [3.05, 3.63) is 18.2 Å². The van der Waals surface area contributed by atoms with Gasteiger partial charge in [-0.1, -0.05) is 13.3 Å². The highest BCUT2D eigenvalue weighted by Gasteiger charge is 2.46. The second kappa shape index (κ2) is 6.39. The number of aromatic nitrogens is 2. The minimum Gasteiger partial charge on any atom is -0.468 e. The number of nitrogens with zero attached hydrogens (tertiary/aromatic N) is 2. The van der Waals surface area contributed by atoms with Gasteiger partial charge in [-0.3, -0.25) is 4.79 Å². The molecular weight excluding hydrogens is 254 g/mol. The Kier molecular flexibility index (Phi) is 4.81. The Morgan fingerprint density at radius 3 is 3.15 bits per heavy atom. The van der Waals surface area contributed by atoms with Gasteiger partial charge in [0.2, 0.25) is 0 Å². The van der Waals surface area contributed by atoms with Gasteiger partial charge < -0.3 is 15.0 Å². The monoisotopic (exact) mass is 279 g/mol. The summed E-state index contributed by atoms with van der Waals surface area (Å²) < 4.78 is 7.06. The molecule has 0 aliphatic heterocycles. The minimum absolute atomic E-state index is 0.201. The molecule has 2 N–H and O–H groups in total. The first kappa shape index (κ1) is 15.0. The molecule has 0 aromatic carbocycles. The number of esters is 1. The second-order valence-corrected chi connectivity index (χ2v) is 5.70. The highest BCUT2D eigenvalue weighted by atomic mass is 16.5. The lowest BCUT2D eigenvalue weighted by Crippen LogP contribution is -2.51. The molecule has 0 bridgehead atoms. The van der Waals surface area contributed by atoms with Crippen molar-refractivity contribution in [3.8, 4) is 0 Å². The third-order valence-electron chi connectivity index (χ3n) is 4.43. The van der Waals surface area contributed by atoms with Gasteiger partial charge in [-0.15, -0.1) is 0 Å². The van der Waals surface area contributed by atoms with E-state index in [0.717, 1.165) is 50.9 Å². The number of nitrogens with two attached hydrogens (primary N) is 1. The SMILES string of the molecule is CCCc1nccn1CCC1CCCC1(N)C(=O)OC. The first-order valence-corrected chi connectivity index (χ1v) is 7.49. The lowest BCUT2D eigenvalue weighted by atomic mass is 9.85. The summed E-state index contributed by atoms with van der Waals surface area (Å²) in [6.45, 7) is 3.02. The van der Waals surface area contributed by atoms with E-state index in [0.29, 0.717) is 0 Å². The number of carbonyl (C=O) groups is 1. The van der Waals surface area contributed by atoms with Crippen molar-refractivity contribution in [2.24, 2.45) is 11.7 Å². The van der Waals surface area contributed by atoms with Crippen LogP contribution < -0.4 is 5.73 Å². The number of hydrogen-bond donors (Lipinski definition) is 1. The van der Waals surface area contributed by atoms with E-state index in [-0.39, 0.29) is 11.9 Å². The second-order valence-electron chi connectivity index (χ2n) is 5.70. The summed E-state index contributed by atoms with van der Waals surface area (Å²) in [5, 5.41) is 0. The van der Waals surface area contributed by atoms with Crippen LogP contribution in [-0.2, 0) is 22.5 Å². The van der Waals surface area contributed by atoms with Gasteiger partial charge in [-0.25, -0.2) is 4.98 Å². The van der Waals surface area contributed by atoms with E-state index in [1.54, 1.807) is 0 Å². The maximum atomic E-state index is 11.9. The van der Waals surface area contributed by atoms with Crippen LogP contribution in [-0.4, -0.2) is 28.2 Å². The fraction of sp³-hybridized carbons (Fsp3) is 0.733. The molecule has 5 nitrogen and oxygen atoms in total. The molecule has 0 saturated heterocycles. The van der Waals surface area contributed by atoms with E-state index < -0.39 is 5.54 Å². The molecule has 2 rings (SSSR count). The van der Waals surface area contributed by atoms with Gasteiger partial charge in [0.15, 0.2) is 0 Å². The molecule has 1 aliphatic rings. The summed E-state index contributed by atoms with van der Waals surface area (Å²) in [6, 6.07) is 0. The highest BCUT2D eigenvalue weighted by molar-refractivity contribution is 5.81. The van der Waals surface area contributed by atoms with E-state index in [1.807, 2.05) is 12.4 Å². The van der Waals surface area contributed by atoms with Crippen LogP contribution in [0.25, 0.3) is 0 Å². The molecule has 1 heterocycles. The minimum atomic E-state index is -0.791. The molecule has 2 atom stereocenters. The number of aryl methyl sites for hydroxylation is 2.